The van der Waals surface area contributed by atoms with Gasteiger partial charge in [0, 0.05) is 57.9 Å². The van der Waals surface area contributed by atoms with Crippen LogP contribution >= 0.6 is 0 Å². The normalized spacial score (nSPS) is 29.0. The van der Waals surface area contributed by atoms with Crippen LogP contribution in [0, 0.1) is 0 Å². The Morgan fingerprint density at radius 2 is 1.80 bits per heavy atom. The van der Waals surface area contributed by atoms with Crippen molar-refractivity contribution in [1.82, 2.24) is 14.7 Å². The molecular formula is C11H24N4. The summed E-state index contributed by atoms with van der Waals surface area (Å²) in [6.45, 7) is 10.4. The van der Waals surface area contributed by atoms with Crippen LogP contribution in [0.15, 0.2) is 0 Å². The van der Waals surface area contributed by atoms with Crippen LogP contribution < -0.4 is 5.73 Å². The van der Waals surface area contributed by atoms with E-state index < -0.39 is 0 Å². The highest BCUT2D eigenvalue weighted by Gasteiger charge is 2.34. The van der Waals surface area contributed by atoms with E-state index in [2.05, 4.69) is 28.7 Å². The van der Waals surface area contributed by atoms with Gasteiger partial charge in [0.05, 0.1) is 0 Å². The van der Waals surface area contributed by atoms with Crippen LogP contribution in [0.1, 0.15) is 6.92 Å². The number of nitrogens with two attached hydrogens (primary N) is 1. The third-order valence-corrected chi connectivity index (χ3v) is 3.91. The van der Waals surface area contributed by atoms with Crippen LogP contribution in [0.25, 0.3) is 0 Å². The second-order valence-corrected chi connectivity index (χ2v) is 5.03. The Labute approximate surface area is 93.0 Å². The van der Waals surface area contributed by atoms with E-state index in [1.54, 1.807) is 0 Å². The maximum atomic E-state index is 5.66. The Balaban J connectivity index is 1.70. The molecular weight excluding hydrogens is 188 g/mol. The van der Waals surface area contributed by atoms with Crippen molar-refractivity contribution >= 4 is 0 Å². The van der Waals surface area contributed by atoms with Crippen LogP contribution in [0.2, 0.25) is 0 Å². The number of rotatable bonds is 3. The smallest absolute Gasteiger partial charge is 0.0351 e. The molecule has 0 aliphatic carbocycles. The minimum Gasteiger partial charge on any atom is -0.329 e. The molecule has 4 nitrogen and oxygen atoms in total. The highest BCUT2D eigenvalue weighted by atomic mass is 15.4. The molecule has 0 spiro atoms. The zero-order chi connectivity index (χ0) is 10.8. The van der Waals surface area contributed by atoms with Gasteiger partial charge in [0.25, 0.3) is 0 Å². The van der Waals surface area contributed by atoms with Gasteiger partial charge in [0.15, 0.2) is 0 Å². The number of nitrogens with zero attached hydrogens (tertiary/aromatic N) is 3. The van der Waals surface area contributed by atoms with Crippen molar-refractivity contribution in [2.24, 2.45) is 5.73 Å². The molecule has 2 saturated heterocycles. The summed E-state index contributed by atoms with van der Waals surface area (Å²) in [6, 6.07) is 1.36. The number of hydrogen-bond donors (Lipinski definition) is 1. The molecule has 0 aromatic heterocycles. The van der Waals surface area contributed by atoms with Crippen LogP contribution in [-0.4, -0.2) is 79.6 Å². The van der Waals surface area contributed by atoms with Crippen molar-refractivity contribution in [3.63, 3.8) is 0 Å². The van der Waals surface area contributed by atoms with E-state index in [1.165, 1.54) is 39.3 Å². The minimum atomic E-state index is 0.564. The lowest BCUT2D eigenvalue weighted by Crippen LogP contribution is -2.65. The summed E-state index contributed by atoms with van der Waals surface area (Å²) in [5, 5.41) is 0. The van der Waals surface area contributed by atoms with Crippen LogP contribution in [-0.2, 0) is 0 Å². The first-order chi connectivity index (χ1) is 7.20. The molecule has 0 amide bonds. The maximum absolute atomic E-state index is 5.66. The largest absolute Gasteiger partial charge is 0.329 e. The number of hydrogen-bond acceptors (Lipinski definition) is 4. The molecule has 1 unspecified atom stereocenters. The van der Waals surface area contributed by atoms with Crippen molar-refractivity contribution < 1.29 is 0 Å². The highest BCUT2D eigenvalue weighted by molar-refractivity contribution is 4.92. The molecule has 2 rings (SSSR count). The molecule has 0 aromatic carbocycles. The highest BCUT2D eigenvalue weighted by Crippen LogP contribution is 2.18. The van der Waals surface area contributed by atoms with Gasteiger partial charge in [-0.05, 0) is 14.0 Å². The Kier molecular flexibility index (Phi) is 3.61. The van der Waals surface area contributed by atoms with Gasteiger partial charge >= 0.3 is 0 Å². The monoisotopic (exact) mass is 212 g/mol. The molecule has 2 aliphatic rings. The summed E-state index contributed by atoms with van der Waals surface area (Å²) < 4.78 is 0. The Hall–Kier alpha value is -0.160. The van der Waals surface area contributed by atoms with E-state index in [9.17, 15) is 0 Å². The van der Waals surface area contributed by atoms with Gasteiger partial charge in [-0.2, -0.15) is 0 Å². The summed E-state index contributed by atoms with van der Waals surface area (Å²) in [4.78, 5) is 7.54. The third kappa shape index (κ3) is 2.50. The average Bonchev–Trinajstić information content (AvgIpc) is 2.18. The molecule has 88 valence electrons. The lowest BCUT2D eigenvalue weighted by molar-refractivity contribution is -0.00761. The van der Waals surface area contributed by atoms with Gasteiger partial charge in [-0.3, -0.25) is 9.80 Å². The second kappa shape index (κ2) is 4.78. The lowest BCUT2D eigenvalue weighted by atomic mass is 10.0. The van der Waals surface area contributed by atoms with E-state index in [4.69, 9.17) is 5.73 Å². The molecule has 2 N–H and O–H groups in total. The second-order valence-electron chi connectivity index (χ2n) is 5.03. The fourth-order valence-electron chi connectivity index (χ4n) is 2.41. The van der Waals surface area contributed by atoms with Crippen molar-refractivity contribution in [1.29, 1.82) is 0 Å². The molecule has 0 saturated carbocycles. The van der Waals surface area contributed by atoms with Crippen LogP contribution in [0.3, 0.4) is 0 Å². The minimum absolute atomic E-state index is 0.564. The van der Waals surface area contributed by atoms with E-state index in [-0.39, 0.29) is 0 Å². The van der Waals surface area contributed by atoms with E-state index in [0.29, 0.717) is 6.04 Å². The van der Waals surface area contributed by atoms with E-state index >= 15 is 0 Å². The van der Waals surface area contributed by atoms with Crippen LogP contribution in [0.5, 0.6) is 0 Å². The van der Waals surface area contributed by atoms with Gasteiger partial charge in [0.1, 0.15) is 0 Å². The Morgan fingerprint density at radius 3 is 2.33 bits per heavy atom. The summed E-state index contributed by atoms with van der Waals surface area (Å²) in [6.07, 6.45) is 0. The zero-order valence-electron chi connectivity index (χ0n) is 10.0. The number of likely N-dealkylation sites (N-methyl/N-ethyl adjacent to an activating group) is 1. The third-order valence-electron chi connectivity index (χ3n) is 3.91. The molecule has 2 fully saturated rings. The Bertz CT molecular complexity index is 195. The predicted molar refractivity (Wildman–Crippen MR) is 62.9 cm³/mol. The zero-order valence-corrected chi connectivity index (χ0v) is 10.0. The maximum Gasteiger partial charge on any atom is 0.0351 e. The molecule has 2 aliphatic heterocycles. The molecule has 0 radical (unpaired) electrons. The van der Waals surface area contributed by atoms with Crippen molar-refractivity contribution in [3.05, 3.63) is 0 Å². The molecule has 0 bridgehead atoms. The lowest BCUT2D eigenvalue weighted by Gasteiger charge is -2.49. The molecule has 0 aromatic rings. The van der Waals surface area contributed by atoms with E-state index in [1.807, 2.05) is 0 Å². The van der Waals surface area contributed by atoms with Crippen molar-refractivity contribution in [2.45, 2.75) is 19.0 Å². The first-order valence-electron chi connectivity index (χ1n) is 6.07. The fourth-order valence-corrected chi connectivity index (χ4v) is 2.41. The van der Waals surface area contributed by atoms with Gasteiger partial charge in [-0.25, -0.2) is 0 Å². The molecule has 4 heteroatoms. The van der Waals surface area contributed by atoms with Crippen molar-refractivity contribution in [3.8, 4) is 0 Å². The summed E-state index contributed by atoms with van der Waals surface area (Å²) in [5.41, 5.74) is 5.66. The fraction of sp³-hybridized carbons (Fsp3) is 1.00. The van der Waals surface area contributed by atoms with Gasteiger partial charge in [0.2, 0.25) is 0 Å². The van der Waals surface area contributed by atoms with E-state index in [0.717, 1.165) is 12.6 Å². The Morgan fingerprint density at radius 1 is 1.20 bits per heavy atom. The van der Waals surface area contributed by atoms with Gasteiger partial charge in [-0.1, -0.05) is 0 Å². The van der Waals surface area contributed by atoms with Crippen LogP contribution in [0.4, 0.5) is 0 Å². The number of piperazine rings is 1. The SMILES string of the molecule is CC(CN)N1CC(N2CCN(C)CC2)C1. The standard InChI is InChI=1S/C11H24N4/c1-10(7-12)15-8-11(9-15)14-5-3-13(2)4-6-14/h10-11H,3-9,12H2,1-2H3. The van der Waals surface area contributed by atoms with Crippen molar-refractivity contribution in [2.75, 3.05) is 52.9 Å². The molecule has 2 heterocycles. The summed E-state index contributed by atoms with van der Waals surface area (Å²) in [5.74, 6) is 0. The van der Waals surface area contributed by atoms with Gasteiger partial charge < -0.3 is 10.6 Å². The predicted octanol–water partition coefficient (Wildman–Crippen LogP) is -0.735. The first-order valence-corrected chi connectivity index (χ1v) is 6.07. The molecule has 1 atom stereocenters. The average molecular weight is 212 g/mol. The summed E-state index contributed by atoms with van der Waals surface area (Å²) in [7, 11) is 2.21. The first kappa shape index (κ1) is 11.3. The molecule has 15 heavy (non-hydrogen) atoms. The van der Waals surface area contributed by atoms with Gasteiger partial charge in [-0.15, -0.1) is 0 Å². The number of likely N-dealkylation sites (tertiary alicyclic amines) is 1. The topological polar surface area (TPSA) is 35.7 Å². The quantitative estimate of drug-likeness (QED) is 0.669. The summed E-state index contributed by atoms with van der Waals surface area (Å²) >= 11 is 0.